The number of hydrogen-bond acceptors (Lipinski definition) is 10. The van der Waals surface area contributed by atoms with E-state index in [0.29, 0.717) is 48.8 Å². The van der Waals surface area contributed by atoms with Crippen LogP contribution in [0.4, 0.5) is 0 Å². The van der Waals surface area contributed by atoms with Crippen LogP contribution in [-0.2, 0) is 22.6 Å². The van der Waals surface area contributed by atoms with Gasteiger partial charge in [0.15, 0.2) is 0 Å². The monoisotopic (exact) mass is 606 g/mol. The summed E-state index contributed by atoms with van der Waals surface area (Å²) in [6.45, 7) is 12.1. The highest BCUT2D eigenvalue weighted by Crippen LogP contribution is 2.32. The smallest absolute Gasteiger partial charge is 0.374 e. The summed E-state index contributed by atoms with van der Waals surface area (Å²) in [6, 6.07) is 11.1. The Balaban J connectivity index is 1.48. The minimum Gasteiger partial charge on any atom is -0.497 e. The highest BCUT2D eigenvalue weighted by atomic mass is 16.5. The van der Waals surface area contributed by atoms with Gasteiger partial charge < -0.3 is 27.8 Å². The van der Waals surface area contributed by atoms with E-state index in [1.165, 1.54) is 0 Å². The fourth-order valence-corrected chi connectivity index (χ4v) is 5.06. The third-order valence-corrected chi connectivity index (χ3v) is 7.47. The topological polar surface area (TPSA) is 104 Å². The van der Waals surface area contributed by atoms with E-state index in [1.807, 2.05) is 24.3 Å². The zero-order valence-electron chi connectivity index (χ0n) is 26.4. The van der Waals surface area contributed by atoms with Crippen molar-refractivity contribution < 1.29 is 37.4 Å². The molecule has 0 bridgehead atoms. The lowest BCUT2D eigenvalue weighted by molar-refractivity contribution is 0.0480. The van der Waals surface area contributed by atoms with Gasteiger partial charge in [-0.05, 0) is 51.2 Å². The van der Waals surface area contributed by atoms with Gasteiger partial charge in [0.2, 0.25) is 11.5 Å². The van der Waals surface area contributed by atoms with Gasteiger partial charge in [0.25, 0.3) is 0 Å². The van der Waals surface area contributed by atoms with Gasteiger partial charge in [-0.25, -0.2) is 9.59 Å². The van der Waals surface area contributed by atoms with E-state index in [9.17, 15) is 9.59 Å². The molecule has 0 amide bonds. The Morgan fingerprint density at radius 3 is 1.43 bits per heavy atom. The molecule has 236 valence electrons. The number of esters is 2. The first-order valence-electron chi connectivity index (χ1n) is 15.0. The lowest BCUT2D eigenvalue weighted by Crippen LogP contribution is -2.25. The molecule has 0 N–H and O–H groups in total. The first kappa shape index (κ1) is 32.6. The van der Waals surface area contributed by atoms with Crippen molar-refractivity contribution in [3.63, 3.8) is 0 Å². The number of ether oxygens (including phenoxy) is 4. The van der Waals surface area contributed by atoms with E-state index in [1.54, 1.807) is 40.2 Å². The van der Waals surface area contributed by atoms with Crippen molar-refractivity contribution in [3.05, 3.63) is 71.2 Å². The fourth-order valence-electron chi connectivity index (χ4n) is 5.06. The van der Waals surface area contributed by atoms with Crippen LogP contribution in [0.2, 0.25) is 0 Å². The van der Waals surface area contributed by atoms with Gasteiger partial charge in [0, 0.05) is 60.2 Å². The second-order valence-corrected chi connectivity index (χ2v) is 10.1. The number of methoxy groups -OCH3 is 2. The molecular weight excluding hydrogens is 564 g/mol. The Morgan fingerprint density at radius 2 is 1.09 bits per heavy atom. The number of benzene rings is 2. The number of rotatable bonds is 16. The summed E-state index contributed by atoms with van der Waals surface area (Å²) >= 11 is 0. The van der Waals surface area contributed by atoms with Crippen LogP contribution < -0.4 is 9.47 Å². The number of carbonyl (C=O) groups excluding carboxylic acids is 2. The van der Waals surface area contributed by atoms with Crippen molar-refractivity contribution in [2.75, 3.05) is 53.6 Å². The zero-order valence-corrected chi connectivity index (χ0v) is 26.4. The summed E-state index contributed by atoms with van der Waals surface area (Å²) in [4.78, 5) is 29.9. The van der Waals surface area contributed by atoms with Gasteiger partial charge in [0.1, 0.15) is 22.7 Å². The molecule has 0 aliphatic heterocycles. The molecule has 44 heavy (non-hydrogen) atoms. The van der Waals surface area contributed by atoms with E-state index in [2.05, 4.69) is 35.8 Å². The summed E-state index contributed by atoms with van der Waals surface area (Å²) in [6.07, 6.45) is 4.23. The Morgan fingerprint density at radius 1 is 0.682 bits per heavy atom. The lowest BCUT2D eigenvalue weighted by Gasteiger charge is -2.20. The quantitative estimate of drug-likeness (QED) is 0.104. The van der Waals surface area contributed by atoms with Crippen LogP contribution in [0, 0.1) is 0 Å². The van der Waals surface area contributed by atoms with E-state index in [-0.39, 0.29) is 24.7 Å². The molecule has 0 spiro atoms. The number of likely N-dealkylation sites (N-methyl/N-ethyl adjacent to an activating group) is 2. The second kappa shape index (κ2) is 15.4. The predicted octanol–water partition coefficient (Wildman–Crippen LogP) is 6.45. The molecule has 10 nitrogen and oxygen atoms in total. The molecule has 0 saturated heterocycles. The van der Waals surface area contributed by atoms with E-state index < -0.39 is 11.9 Å². The number of carbonyl (C=O) groups is 2. The Hall–Kier alpha value is -4.28. The van der Waals surface area contributed by atoms with Gasteiger partial charge in [0.05, 0.1) is 27.4 Å². The average Bonchev–Trinajstić information content (AvgIpc) is 3.59. The van der Waals surface area contributed by atoms with Crippen molar-refractivity contribution in [1.82, 2.24) is 9.80 Å². The van der Waals surface area contributed by atoms with Crippen LogP contribution in [0.25, 0.3) is 21.9 Å². The molecule has 0 unspecified atom stereocenters. The molecule has 0 fully saturated rings. The molecular formula is C34H42N2O8. The molecule has 0 aliphatic carbocycles. The van der Waals surface area contributed by atoms with E-state index in [4.69, 9.17) is 27.8 Å². The first-order chi connectivity index (χ1) is 21.4. The maximum absolute atomic E-state index is 12.7. The largest absolute Gasteiger partial charge is 0.497 e. The second-order valence-electron chi connectivity index (χ2n) is 10.1. The van der Waals surface area contributed by atoms with E-state index in [0.717, 1.165) is 35.0 Å². The molecule has 2 aromatic heterocycles. The average molecular weight is 607 g/mol. The summed E-state index contributed by atoms with van der Waals surface area (Å²) < 4.78 is 33.1. The highest BCUT2D eigenvalue weighted by Gasteiger charge is 2.25. The summed E-state index contributed by atoms with van der Waals surface area (Å²) in [5, 5.41) is 1.71. The van der Waals surface area contributed by atoms with Crippen molar-refractivity contribution >= 4 is 33.9 Å². The third-order valence-electron chi connectivity index (χ3n) is 7.47. The number of fused-ring (bicyclic) bond motifs is 2. The molecule has 2 aromatic carbocycles. The van der Waals surface area contributed by atoms with Crippen LogP contribution in [0.3, 0.4) is 0 Å². The lowest BCUT2D eigenvalue weighted by atomic mass is 10.1. The molecule has 4 aromatic rings. The molecule has 4 rings (SSSR count). The SMILES string of the molecule is CCOC(=O)c1oc2cc(OC)ccc2c1CN(CC)C/C=C/CN(CC)Cc1c(C(=O)OCC)oc2cc(OC)ccc12. The number of furan rings is 2. The van der Waals surface area contributed by atoms with Crippen molar-refractivity contribution in [2.24, 2.45) is 0 Å². The summed E-state index contributed by atoms with van der Waals surface area (Å²) in [7, 11) is 3.19. The zero-order chi connectivity index (χ0) is 31.6. The molecule has 0 atom stereocenters. The van der Waals surface area contributed by atoms with Gasteiger partial charge in [-0.15, -0.1) is 0 Å². The molecule has 2 heterocycles. The predicted molar refractivity (Wildman–Crippen MR) is 168 cm³/mol. The minimum atomic E-state index is -0.477. The van der Waals surface area contributed by atoms with Gasteiger partial charge in [-0.2, -0.15) is 0 Å². The Labute approximate surface area is 258 Å². The van der Waals surface area contributed by atoms with Crippen molar-refractivity contribution in [3.8, 4) is 11.5 Å². The van der Waals surface area contributed by atoms with Crippen LogP contribution in [0.5, 0.6) is 11.5 Å². The van der Waals surface area contributed by atoms with E-state index >= 15 is 0 Å². The van der Waals surface area contributed by atoms with Crippen molar-refractivity contribution in [1.29, 1.82) is 0 Å². The van der Waals surface area contributed by atoms with Crippen LogP contribution in [-0.4, -0.2) is 75.4 Å². The molecule has 10 heteroatoms. The van der Waals surface area contributed by atoms with Gasteiger partial charge >= 0.3 is 11.9 Å². The first-order valence-corrected chi connectivity index (χ1v) is 15.0. The number of nitrogens with zero attached hydrogens (tertiary/aromatic N) is 2. The molecule has 0 saturated carbocycles. The van der Waals surface area contributed by atoms with Crippen LogP contribution in [0.15, 0.2) is 57.4 Å². The Kier molecular flexibility index (Phi) is 11.5. The summed E-state index contributed by atoms with van der Waals surface area (Å²) in [5.41, 5.74) is 2.75. The van der Waals surface area contributed by atoms with Crippen molar-refractivity contribution in [2.45, 2.75) is 40.8 Å². The van der Waals surface area contributed by atoms with Crippen LogP contribution >= 0.6 is 0 Å². The molecule has 0 radical (unpaired) electrons. The highest BCUT2D eigenvalue weighted by molar-refractivity contribution is 5.97. The van der Waals surface area contributed by atoms with Crippen LogP contribution in [0.1, 0.15) is 59.9 Å². The maximum atomic E-state index is 12.7. The normalized spacial score (nSPS) is 11.7. The minimum absolute atomic E-state index is 0.219. The third kappa shape index (κ3) is 7.43. The summed E-state index contributed by atoms with van der Waals surface area (Å²) in [5.74, 6) is 0.794. The van der Waals surface area contributed by atoms with Gasteiger partial charge in [-0.3, -0.25) is 9.80 Å². The van der Waals surface area contributed by atoms with Gasteiger partial charge in [-0.1, -0.05) is 26.0 Å². The Bertz CT molecular complexity index is 1480. The molecule has 0 aliphatic rings. The standard InChI is InChI=1S/C34H42N2O8/c1-7-35(21-27-25-15-13-23(39-5)19-29(25)43-31(27)33(37)41-9-3)17-11-12-18-36(8-2)22-28-26-16-14-24(40-6)20-30(26)44-32(28)34(38)42-10-4/h11-16,19-20H,7-10,17-18,21-22H2,1-6H3/b12-11+. The maximum Gasteiger partial charge on any atom is 0.374 e. The number of hydrogen-bond donors (Lipinski definition) is 0. The fraction of sp³-hybridized carbons (Fsp3) is 0.412.